The van der Waals surface area contributed by atoms with E-state index in [2.05, 4.69) is 10.1 Å². The van der Waals surface area contributed by atoms with Gasteiger partial charge in [0.1, 0.15) is 23.1 Å². The van der Waals surface area contributed by atoms with Gasteiger partial charge in [0.2, 0.25) is 5.82 Å². The molecule has 192 valence electrons. The van der Waals surface area contributed by atoms with Crippen molar-refractivity contribution in [2.24, 2.45) is 0 Å². The minimum Gasteiger partial charge on any atom is -0.467 e. The van der Waals surface area contributed by atoms with E-state index in [0.29, 0.717) is 17.1 Å². The zero-order valence-electron chi connectivity index (χ0n) is 19.5. The topological polar surface area (TPSA) is 153 Å². The van der Waals surface area contributed by atoms with Gasteiger partial charge in [-0.15, -0.1) is 0 Å². The Kier molecular flexibility index (Phi) is 6.54. The van der Waals surface area contributed by atoms with Gasteiger partial charge in [-0.25, -0.2) is 9.18 Å². The quantitative estimate of drug-likeness (QED) is 0.299. The Hall–Kier alpha value is -5.10. The largest absolute Gasteiger partial charge is 0.467 e. The van der Waals surface area contributed by atoms with Crippen molar-refractivity contribution in [1.29, 1.82) is 0 Å². The van der Waals surface area contributed by atoms with E-state index in [1.807, 2.05) is 10.6 Å². The number of carbonyl (C=O) groups is 3. The van der Waals surface area contributed by atoms with Gasteiger partial charge in [-0.05, 0) is 60.7 Å². The number of urea groups is 1. The number of barbiturate groups is 1. The van der Waals surface area contributed by atoms with E-state index in [0.717, 1.165) is 0 Å². The van der Waals surface area contributed by atoms with Crippen molar-refractivity contribution < 1.29 is 37.9 Å². The second-order valence-corrected chi connectivity index (χ2v) is 8.14. The Bertz CT molecular complexity index is 1480. The number of hydrogen-bond donors (Lipinski definition) is 3. The number of benzene rings is 3. The Balaban J connectivity index is 1.26. The van der Waals surface area contributed by atoms with E-state index in [-0.39, 0.29) is 29.4 Å². The molecule has 3 N–H and O–H groups in total. The number of aliphatic hydroxyl groups is 1. The van der Waals surface area contributed by atoms with Crippen LogP contribution in [0.2, 0.25) is 0 Å². The molecular weight excluding hydrogens is 499 g/mol. The smallest absolute Gasteiger partial charge is 0.328 e. The molecule has 0 bridgehead atoms. The average Bonchev–Trinajstić information content (AvgIpc) is 3.39. The van der Waals surface area contributed by atoms with Crippen molar-refractivity contribution in [3.05, 3.63) is 78.6 Å². The highest BCUT2D eigenvalue weighted by molar-refractivity contribution is 6.21. The van der Waals surface area contributed by atoms with Crippen molar-refractivity contribution in [2.45, 2.75) is 12.0 Å². The van der Waals surface area contributed by atoms with Crippen LogP contribution in [0.1, 0.15) is 6.42 Å². The van der Waals surface area contributed by atoms with Crippen molar-refractivity contribution in [2.75, 3.05) is 6.61 Å². The van der Waals surface area contributed by atoms with Crippen LogP contribution < -0.4 is 20.1 Å². The second kappa shape index (κ2) is 10.1. The minimum atomic E-state index is -2.10. The summed E-state index contributed by atoms with van der Waals surface area (Å²) in [5.74, 6) is -0.995. The van der Waals surface area contributed by atoms with E-state index in [1.54, 1.807) is 54.6 Å². The molecule has 3 aromatic carbocycles. The van der Waals surface area contributed by atoms with Crippen molar-refractivity contribution >= 4 is 17.8 Å². The molecule has 1 fully saturated rings. The van der Waals surface area contributed by atoms with Crippen LogP contribution in [0.15, 0.2) is 77.3 Å². The molecule has 4 amide bonds. The van der Waals surface area contributed by atoms with Gasteiger partial charge in [0.25, 0.3) is 23.3 Å². The van der Waals surface area contributed by atoms with E-state index < -0.39 is 35.9 Å². The van der Waals surface area contributed by atoms with Crippen molar-refractivity contribution in [3.8, 4) is 40.1 Å². The summed E-state index contributed by atoms with van der Waals surface area (Å²) in [6, 6.07) is 18.0. The second-order valence-electron chi connectivity index (χ2n) is 8.14. The van der Waals surface area contributed by atoms with Gasteiger partial charge in [0, 0.05) is 18.6 Å². The van der Waals surface area contributed by atoms with Crippen LogP contribution in [-0.4, -0.2) is 45.3 Å². The molecular formula is C26H19FN4O7. The molecule has 0 radical (unpaired) electrons. The normalized spacial score (nSPS) is 14.5. The van der Waals surface area contributed by atoms with E-state index in [9.17, 15) is 23.9 Å². The molecule has 1 saturated heterocycles. The van der Waals surface area contributed by atoms with E-state index in [1.165, 1.54) is 18.2 Å². The van der Waals surface area contributed by atoms with E-state index in [4.69, 9.17) is 14.0 Å². The third-order valence-corrected chi connectivity index (χ3v) is 5.65. The lowest BCUT2D eigenvalue weighted by molar-refractivity contribution is -0.152. The maximum Gasteiger partial charge on any atom is 0.328 e. The van der Waals surface area contributed by atoms with Gasteiger partial charge in [-0.1, -0.05) is 17.3 Å². The molecule has 11 nitrogen and oxygen atoms in total. The molecule has 38 heavy (non-hydrogen) atoms. The first-order valence-electron chi connectivity index (χ1n) is 11.3. The van der Waals surface area contributed by atoms with E-state index >= 15 is 0 Å². The standard InChI is InChI=1S/C26H19FN4O7/c27-20-4-2-1-3-19(20)21-28-22(38-31-21)15-5-7-16(8-6-15)36-17-9-11-18(12-10-17)37-26(13-14-32)23(33)29-25(35)30-24(26)34/h1-12,32H,13-14H2,(H2,29,30,33,34,35). The van der Waals surface area contributed by atoms with Crippen LogP contribution >= 0.6 is 0 Å². The Morgan fingerprint density at radius 3 is 2.11 bits per heavy atom. The average molecular weight is 518 g/mol. The summed E-state index contributed by atoms with van der Waals surface area (Å²) >= 11 is 0. The van der Waals surface area contributed by atoms with Gasteiger partial charge in [-0.2, -0.15) is 4.98 Å². The maximum atomic E-state index is 14.0. The molecule has 2 heterocycles. The fourth-order valence-electron chi connectivity index (χ4n) is 3.74. The molecule has 0 aliphatic carbocycles. The third kappa shape index (κ3) is 4.80. The lowest BCUT2D eigenvalue weighted by atomic mass is 9.95. The predicted octanol–water partition coefficient (Wildman–Crippen LogP) is 3.20. The number of halogens is 1. The van der Waals surface area contributed by atoms with Crippen LogP contribution in [-0.2, 0) is 9.59 Å². The number of hydrogen-bond acceptors (Lipinski definition) is 9. The molecule has 0 saturated carbocycles. The molecule has 5 rings (SSSR count). The number of ether oxygens (including phenoxy) is 2. The van der Waals surface area contributed by atoms with Crippen LogP contribution in [0, 0.1) is 5.82 Å². The zero-order chi connectivity index (χ0) is 26.7. The predicted molar refractivity (Wildman–Crippen MR) is 128 cm³/mol. The molecule has 0 unspecified atom stereocenters. The fraction of sp³-hybridized carbons (Fsp3) is 0.115. The summed E-state index contributed by atoms with van der Waals surface area (Å²) in [7, 11) is 0. The van der Waals surface area contributed by atoms with Crippen molar-refractivity contribution in [1.82, 2.24) is 20.8 Å². The maximum absolute atomic E-state index is 14.0. The highest BCUT2D eigenvalue weighted by Gasteiger charge is 2.52. The summed E-state index contributed by atoms with van der Waals surface area (Å²) in [5, 5.41) is 17.2. The summed E-state index contributed by atoms with van der Waals surface area (Å²) < 4.78 is 30.7. The van der Waals surface area contributed by atoms with Gasteiger partial charge in [0.05, 0.1) is 5.56 Å². The molecule has 1 aromatic heterocycles. The van der Waals surface area contributed by atoms with Crippen molar-refractivity contribution in [3.63, 3.8) is 0 Å². The first kappa shape index (κ1) is 24.6. The number of aliphatic hydroxyl groups excluding tert-OH is 1. The minimum absolute atomic E-state index is 0.135. The SMILES string of the molecule is O=C1NC(=O)C(CCO)(Oc2ccc(Oc3ccc(-c4nc(-c5ccccc5F)no4)cc3)cc2)C(=O)N1. The van der Waals surface area contributed by atoms with Gasteiger partial charge in [-0.3, -0.25) is 20.2 Å². The molecule has 1 aliphatic rings. The summed E-state index contributed by atoms with van der Waals surface area (Å²) in [6.45, 7) is -0.528. The van der Waals surface area contributed by atoms with Gasteiger partial charge >= 0.3 is 6.03 Å². The fourth-order valence-corrected chi connectivity index (χ4v) is 3.74. The highest BCUT2D eigenvalue weighted by Crippen LogP contribution is 2.30. The Morgan fingerprint density at radius 1 is 0.868 bits per heavy atom. The number of carbonyl (C=O) groups excluding carboxylic acids is 3. The number of nitrogens with zero attached hydrogens (tertiary/aromatic N) is 2. The van der Waals surface area contributed by atoms with Gasteiger partial charge < -0.3 is 19.1 Å². The number of aromatic nitrogens is 2. The first-order valence-corrected chi connectivity index (χ1v) is 11.3. The lowest BCUT2D eigenvalue weighted by Gasteiger charge is -2.33. The molecule has 0 atom stereocenters. The summed E-state index contributed by atoms with van der Waals surface area (Å²) in [6.07, 6.45) is -0.357. The molecule has 4 aromatic rings. The Morgan fingerprint density at radius 2 is 1.47 bits per heavy atom. The molecule has 1 aliphatic heterocycles. The number of nitrogens with one attached hydrogen (secondary N) is 2. The van der Waals surface area contributed by atoms with Crippen LogP contribution in [0.5, 0.6) is 17.2 Å². The monoisotopic (exact) mass is 518 g/mol. The first-order chi connectivity index (χ1) is 18.4. The summed E-state index contributed by atoms with van der Waals surface area (Å²) in [5.41, 5.74) is -1.26. The lowest BCUT2D eigenvalue weighted by Crippen LogP contribution is -2.69. The third-order valence-electron chi connectivity index (χ3n) is 5.65. The zero-order valence-corrected chi connectivity index (χ0v) is 19.5. The van der Waals surface area contributed by atoms with Crippen LogP contribution in [0.25, 0.3) is 22.8 Å². The number of amides is 4. The van der Waals surface area contributed by atoms with Gasteiger partial charge in [0.15, 0.2) is 0 Å². The number of rotatable bonds is 8. The number of imide groups is 2. The van der Waals surface area contributed by atoms with Crippen LogP contribution in [0.3, 0.4) is 0 Å². The highest BCUT2D eigenvalue weighted by atomic mass is 19.1. The Labute approximate surface area is 214 Å². The summed E-state index contributed by atoms with van der Waals surface area (Å²) in [4.78, 5) is 40.4. The van der Waals surface area contributed by atoms with Crippen LogP contribution in [0.4, 0.5) is 9.18 Å². The molecule has 0 spiro atoms. The molecule has 12 heteroatoms.